The highest BCUT2D eigenvalue weighted by atomic mass is 16.5. The van der Waals surface area contributed by atoms with Gasteiger partial charge in [-0.25, -0.2) is 0 Å². The van der Waals surface area contributed by atoms with Gasteiger partial charge in [-0.15, -0.1) is 0 Å². The number of hydrogen-bond donors (Lipinski definition) is 1. The van der Waals surface area contributed by atoms with E-state index >= 15 is 0 Å². The zero-order chi connectivity index (χ0) is 13.4. The smallest absolute Gasteiger partial charge is 0.116 e. The SMILES string of the molecule is CCCNC(C)(C#N)CN1CCCC(COC)C1. The monoisotopic (exact) mass is 253 g/mol. The Morgan fingerprint density at radius 1 is 1.56 bits per heavy atom. The minimum atomic E-state index is -0.426. The Morgan fingerprint density at radius 3 is 2.94 bits per heavy atom. The number of methoxy groups -OCH3 is 1. The van der Waals surface area contributed by atoms with Gasteiger partial charge in [-0.05, 0) is 45.2 Å². The number of likely N-dealkylation sites (tertiary alicyclic amines) is 1. The second kappa shape index (κ2) is 7.73. The molecule has 0 spiro atoms. The Labute approximate surface area is 111 Å². The molecule has 1 aliphatic rings. The van der Waals surface area contributed by atoms with E-state index < -0.39 is 5.54 Å². The van der Waals surface area contributed by atoms with Crippen molar-refractivity contribution in [3.63, 3.8) is 0 Å². The zero-order valence-electron chi connectivity index (χ0n) is 12.0. The lowest BCUT2D eigenvalue weighted by atomic mass is 9.96. The summed E-state index contributed by atoms with van der Waals surface area (Å²) in [6.07, 6.45) is 3.52. The number of hydrogen-bond acceptors (Lipinski definition) is 4. The van der Waals surface area contributed by atoms with Crippen molar-refractivity contribution in [1.29, 1.82) is 5.26 Å². The first kappa shape index (κ1) is 15.4. The van der Waals surface area contributed by atoms with E-state index in [0.717, 1.165) is 39.2 Å². The molecule has 0 bridgehead atoms. The Morgan fingerprint density at radius 2 is 2.33 bits per heavy atom. The average Bonchev–Trinajstić information content (AvgIpc) is 2.37. The summed E-state index contributed by atoms with van der Waals surface area (Å²) in [6.45, 7) is 8.83. The van der Waals surface area contributed by atoms with Crippen molar-refractivity contribution >= 4 is 0 Å². The predicted molar refractivity (Wildman–Crippen MR) is 73.4 cm³/mol. The minimum absolute atomic E-state index is 0.426. The van der Waals surface area contributed by atoms with Gasteiger partial charge in [0, 0.05) is 20.2 Å². The fourth-order valence-corrected chi connectivity index (χ4v) is 2.65. The van der Waals surface area contributed by atoms with Crippen molar-refractivity contribution in [2.45, 2.75) is 38.6 Å². The molecule has 0 aromatic carbocycles. The maximum absolute atomic E-state index is 9.35. The first-order valence-corrected chi connectivity index (χ1v) is 7.01. The molecule has 1 saturated heterocycles. The summed E-state index contributed by atoms with van der Waals surface area (Å²) in [6, 6.07) is 2.42. The highest BCUT2D eigenvalue weighted by Gasteiger charge is 2.29. The molecular formula is C14H27N3O. The number of rotatable bonds is 7. The van der Waals surface area contributed by atoms with Gasteiger partial charge in [0.15, 0.2) is 0 Å². The lowest BCUT2D eigenvalue weighted by Crippen LogP contribution is -2.53. The fourth-order valence-electron chi connectivity index (χ4n) is 2.65. The van der Waals surface area contributed by atoms with E-state index in [-0.39, 0.29) is 0 Å². The highest BCUT2D eigenvalue weighted by Crippen LogP contribution is 2.18. The van der Waals surface area contributed by atoms with Crippen molar-refractivity contribution in [3.05, 3.63) is 0 Å². The van der Waals surface area contributed by atoms with Crippen LogP contribution in [0.3, 0.4) is 0 Å². The number of nitrogens with one attached hydrogen (secondary N) is 1. The predicted octanol–water partition coefficient (Wildman–Crippen LogP) is 1.63. The first-order chi connectivity index (χ1) is 8.63. The molecule has 1 aliphatic heterocycles. The Hall–Kier alpha value is -0.630. The molecule has 1 N–H and O–H groups in total. The lowest BCUT2D eigenvalue weighted by Gasteiger charge is -2.37. The first-order valence-electron chi connectivity index (χ1n) is 7.01. The van der Waals surface area contributed by atoms with Crippen molar-refractivity contribution < 1.29 is 4.74 Å². The molecule has 0 aliphatic carbocycles. The van der Waals surface area contributed by atoms with Crippen molar-refractivity contribution in [2.24, 2.45) is 5.92 Å². The number of nitriles is 1. The number of piperidine rings is 1. The molecule has 0 aromatic heterocycles. The van der Waals surface area contributed by atoms with E-state index in [2.05, 4.69) is 23.2 Å². The third kappa shape index (κ3) is 4.93. The van der Waals surface area contributed by atoms with Crippen LogP contribution in [0.2, 0.25) is 0 Å². The second-order valence-corrected chi connectivity index (χ2v) is 5.57. The topological polar surface area (TPSA) is 48.3 Å². The fraction of sp³-hybridized carbons (Fsp3) is 0.929. The summed E-state index contributed by atoms with van der Waals surface area (Å²) in [7, 11) is 1.77. The summed E-state index contributed by atoms with van der Waals surface area (Å²) in [4.78, 5) is 2.40. The van der Waals surface area contributed by atoms with Gasteiger partial charge in [-0.3, -0.25) is 5.32 Å². The van der Waals surface area contributed by atoms with Crippen LogP contribution in [0.5, 0.6) is 0 Å². The van der Waals surface area contributed by atoms with Crippen LogP contribution in [0.15, 0.2) is 0 Å². The Bertz CT molecular complexity index is 275. The molecule has 0 saturated carbocycles. The van der Waals surface area contributed by atoms with Crippen molar-refractivity contribution in [1.82, 2.24) is 10.2 Å². The van der Waals surface area contributed by atoms with Gasteiger partial charge >= 0.3 is 0 Å². The molecule has 1 heterocycles. The maximum Gasteiger partial charge on any atom is 0.116 e. The summed E-state index contributed by atoms with van der Waals surface area (Å²) < 4.78 is 5.24. The van der Waals surface area contributed by atoms with Crippen LogP contribution in [0.1, 0.15) is 33.1 Å². The lowest BCUT2D eigenvalue weighted by molar-refractivity contribution is 0.0816. The van der Waals surface area contributed by atoms with Crippen LogP contribution in [0.4, 0.5) is 0 Å². The van der Waals surface area contributed by atoms with Gasteiger partial charge in [0.05, 0.1) is 12.7 Å². The van der Waals surface area contributed by atoms with Gasteiger partial charge < -0.3 is 9.64 Å². The standard InChI is InChI=1S/C14H27N3O/c1-4-7-16-14(2,11-15)12-17-8-5-6-13(9-17)10-18-3/h13,16H,4-10,12H2,1-3H3. The molecule has 0 radical (unpaired) electrons. The van der Waals surface area contributed by atoms with E-state index in [1.807, 2.05) is 6.92 Å². The summed E-state index contributed by atoms with van der Waals surface area (Å²) in [5.74, 6) is 0.623. The van der Waals surface area contributed by atoms with Gasteiger partial charge in [0.25, 0.3) is 0 Å². The van der Waals surface area contributed by atoms with Crippen LogP contribution >= 0.6 is 0 Å². The molecule has 104 valence electrons. The molecule has 2 atom stereocenters. The van der Waals surface area contributed by atoms with E-state index in [9.17, 15) is 5.26 Å². The van der Waals surface area contributed by atoms with Gasteiger partial charge in [0.1, 0.15) is 5.54 Å². The zero-order valence-corrected chi connectivity index (χ0v) is 12.0. The van der Waals surface area contributed by atoms with E-state index in [0.29, 0.717) is 5.92 Å². The summed E-state index contributed by atoms with van der Waals surface area (Å²) >= 11 is 0. The minimum Gasteiger partial charge on any atom is -0.384 e. The van der Waals surface area contributed by atoms with E-state index in [4.69, 9.17) is 4.74 Å². The van der Waals surface area contributed by atoms with E-state index in [1.54, 1.807) is 7.11 Å². The maximum atomic E-state index is 9.35. The average molecular weight is 253 g/mol. The van der Waals surface area contributed by atoms with E-state index in [1.165, 1.54) is 12.8 Å². The molecule has 4 nitrogen and oxygen atoms in total. The van der Waals surface area contributed by atoms with Gasteiger partial charge in [0.2, 0.25) is 0 Å². The van der Waals surface area contributed by atoms with Gasteiger partial charge in [-0.1, -0.05) is 6.92 Å². The van der Waals surface area contributed by atoms with Crippen LogP contribution in [0.25, 0.3) is 0 Å². The highest BCUT2D eigenvalue weighted by molar-refractivity contribution is 5.06. The number of ether oxygens (including phenoxy) is 1. The third-order valence-electron chi connectivity index (χ3n) is 3.56. The molecule has 4 heteroatoms. The van der Waals surface area contributed by atoms with Crippen LogP contribution in [-0.2, 0) is 4.74 Å². The molecule has 0 aromatic rings. The largest absolute Gasteiger partial charge is 0.384 e. The third-order valence-corrected chi connectivity index (χ3v) is 3.56. The molecular weight excluding hydrogens is 226 g/mol. The summed E-state index contributed by atoms with van der Waals surface area (Å²) in [5.41, 5.74) is -0.426. The molecule has 2 unspecified atom stereocenters. The molecule has 1 fully saturated rings. The van der Waals surface area contributed by atoms with Crippen molar-refractivity contribution in [3.8, 4) is 6.07 Å². The quantitative estimate of drug-likeness (QED) is 0.749. The summed E-state index contributed by atoms with van der Waals surface area (Å²) in [5, 5.41) is 12.7. The van der Waals surface area contributed by atoms with Crippen LogP contribution < -0.4 is 5.32 Å². The van der Waals surface area contributed by atoms with Gasteiger partial charge in [-0.2, -0.15) is 5.26 Å². The second-order valence-electron chi connectivity index (χ2n) is 5.57. The molecule has 18 heavy (non-hydrogen) atoms. The molecule has 1 rings (SSSR count). The molecule has 0 amide bonds. The Balaban J connectivity index is 2.46. The van der Waals surface area contributed by atoms with Crippen LogP contribution in [-0.4, -0.2) is 50.3 Å². The normalized spacial score (nSPS) is 24.4. The number of nitrogens with zero attached hydrogens (tertiary/aromatic N) is 2. The van der Waals surface area contributed by atoms with Crippen molar-refractivity contribution in [2.75, 3.05) is 39.9 Å². The Kier molecular flexibility index (Phi) is 6.62. The van der Waals surface area contributed by atoms with Crippen LogP contribution in [0, 0.1) is 17.2 Å².